The second-order valence-corrected chi connectivity index (χ2v) is 6.22. The molecule has 0 bridgehead atoms. The molecule has 20 heavy (non-hydrogen) atoms. The molecule has 0 N–H and O–H groups in total. The first-order valence-corrected chi connectivity index (χ1v) is 7.40. The first-order chi connectivity index (χ1) is 9.38. The van der Waals surface area contributed by atoms with Crippen molar-refractivity contribution in [3.05, 3.63) is 35.6 Å². The third kappa shape index (κ3) is 6.18. The van der Waals surface area contributed by atoms with Crippen molar-refractivity contribution in [2.75, 3.05) is 13.1 Å². The van der Waals surface area contributed by atoms with Gasteiger partial charge in [0.15, 0.2) is 0 Å². The number of carbonyl (C=O) groups excluding carboxylic acids is 1. The van der Waals surface area contributed by atoms with Crippen LogP contribution in [-0.4, -0.2) is 23.9 Å². The molecule has 0 aromatic heterocycles. The maximum Gasteiger partial charge on any atom is 0.222 e. The first-order valence-electron chi connectivity index (χ1n) is 7.40. The van der Waals surface area contributed by atoms with Crippen molar-refractivity contribution in [2.45, 2.75) is 40.5 Å². The predicted octanol–water partition coefficient (Wildman–Crippen LogP) is 3.90. The maximum atomic E-state index is 13.1. The summed E-state index contributed by atoms with van der Waals surface area (Å²) in [4.78, 5) is 14.2. The Morgan fingerprint density at radius 2 is 1.75 bits per heavy atom. The highest BCUT2D eigenvalue weighted by Crippen LogP contribution is 2.10. The minimum atomic E-state index is -0.240. The van der Waals surface area contributed by atoms with E-state index in [1.807, 2.05) is 11.0 Å². The molecule has 0 heterocycles. The molecule has 0 aliphatic carbocycles. The minimum absolute atomic E-state index is 0.164. The van der Waals surface area contributed by atoms with Gasteiger partial charge in [-0.15, -0.1) is 0 Å². The largest absolute Gasteiger partial charge is 0.342 e. The summed E-state index contributed by atoms with van der Waals surface area (Å²) in [5.41, 5.74) is 0.882. The molecule has 0 saturated carbocycles. The van der Waals surface area contributed by atoms with E-state index in [9.17, 15) is 9.18 Å². The monoisotopic (exact) mass is 279 g/mol. The van der Waals surface area contributed by atoms with Gasteiger partial charge in [-0.25, -0.2) is 4.39 Å². The molecule has 1 rings (SSSR count). The fourth-order valence-corrected chi connectivity index (χ4v) is 2.26. The van der Waals surface area contributed by atoms with E-state index in [-0.39, 0.29) is 11.7 Å². The molecule has 1 aromatic rings. The van der Waals surface area contributed by atoms with Gasteiger partial charge in [0.1, 0.15) is 5.82 Å². The summed E-state index contributed by atoms with van der Waals surface area (Å²) < 4.78 is 13.1. The summed E-state index contributed by atoms with van der Waals surface area (Å²) >= 11 is 0. The molecule has 0 atom stereocenters. The number of amides is 1. The van der Waals surface area contributed by atoms with Crippen molar-refractivity contribution in [1.82, 2.24) is 4.90 Å². The molecular weight excluding hydrogens is 253 g/mol. The van der Waals surface area contributed by atoms with Crippen molar-refractivity contribution in [3.63, 3.8) is 0 Å². The van der Waals surface area contributed by atoms with Crippen LogP contribution in [0.1, 0.15) is 39.7 Å². The van der Waals surface area contributed by atoms with Crippen LogP contribution in [0.4, 0.5) is 4.39 Å². The molecule has 0 saturated heterocycles. The fourth-order valence-electron chi connectivity index (χ4n) is 2.26. The first kappa shape index (κ1) is 16.7. The number of hydrogen-bond donors (Lipinski definition) is 0. The Labute approximate surface area is 122 Å². The molecular formula is C17H26FNO. The Bertz CT molecular complexity index is 419. The zero-order valence-electron chi connectivity index (χ0n) is 13.0. The van der Waals surface area contributed by atoms with Gasteiger partial charge < -0.3 is 4.90 Å². The van der Waals surface area contributed by atoms with Crippen LogP contribution >= 0.6 is 0 Å². The highest BCUT2D eigenvalue weighted by atomic mass is 19.1. The van der Waals surface area contributed by atoms with E-state index in [0.717, 1.165) is 18.7 Å². The van der Waals surface area contributed by atoms with Gasteiger partial charge in [-0.1, -0.05) is 39.8 Å². The number of halogens is 1. The number of nitrogens with zero attached hydrogens (tertiary/aromatic N) is 1. The molecule has 0 spiro atoms. The summed E-state index contributed by atoms with van der Waals surface area (Å²) in [6, 6.07) is 6.48. The molecule has 2 nitrogen and oxygen atoms in total. The Kier molecular flexibility index (Phi) is 6.69. The highest BCUT2D eigenvalue weighted by molar-refractivity contribution is 5.76. The van der Waals surface area contributed by atoms with E-state index in [1.165, 1.54) is 12.1 Å². The Hall–Kier alpha value is -1.38. The summed E-state index contributed by atoms with van der Waals surface area (Å²) in [6.45, 7) is 10.1. The lowest BCUT2D eigenvalue weighted by Crippen LogP contribution is -2.37. The van der Waals surface area contributed by atoms with Gasteiger partial charge in [0.05, 0.1) is 0 Å². The van der Waals surface area contributed by atoms with Crippen LogP contribution in [0.3, 0.4) is 0 Å². The van der Waals surface area contributed by atoms with Crippen molar-refractivity contribution in [1.29, 1.82) is 0 Å². The van der Waals surface area contributed by atoms with Crippen molar-refractivity contribution in [2.24, 2.45) is 11.8 Å². The molecule has 0 radical (unpaired) electrons. The molecule has 0 aliphatic rings. The van der Waals surface area contributed by atoms with Gasteiger partial charge in [-0.3, -0.25) is 4.79 Å². The predicted molar refractivity (Wildman–Crippen MR) is 81.0 cm³/mol. The quantitative estimate of drug-likeness (QED) is 0.741. The van der Waals surface area contributed by atoms with E-state index < -0.39 is 0 Å². The van der Waals surface area contributed by atoms with Gasteiger partial charge >= 0.3 is 0 Å². The second kappa shape index (κ2) is 8.03. The molecule has 112 valence electrons. The SMILES string of the molecule is CC(C)CN(CC(C)C)C(=O)CCc1cccc(F)c1. The summed E-state index contributed by atoms with van der Waals surface area (Å²) in [5.74, 6) is 0.853. The molecule has 3 heteroatoms. The van der Waals surface area contributed by atoms with Gasteiger partial charge in [0, 0.05) is 19.5 Å². The van der Waals surface area contributed by atoms with Crippen LogP contribution in [0.2, 0.25) is 0 Å². The van der Waals surface area contributed by atoms with Gasteiger partial charge in [-0.05, 0) is 36.0 Å². The van der Waals surface area contributed by atoms with Gasteiger partial charge in [0.2, 0.25) is 5.91 Å². The smallest absolute Gasteiger partial charge is 0.222 e. The second-order valence-electron chi connectivity index (χ2n) is 6.22. The van der Waals surface area contributed by atoms with Gasteiger partial charge in [-0.2, -0.15) is 0 Å². The lowest BCUT2D eigenvalue weighted by atomic mass is 10.1. The number of hydrogen-bond acceptors (Lipinski definition) is 1. The topological polar surface area (TPSA) is 20.3 Å². The standard InChI is InChI=1S/C17H26FNO/c1-13(2)11-19(12-14(3)4)17(20)9-8-15-6-5-7-16(18)10-15/h5-7,10,13-14H,8-9,11-12H2,1-4H3. The number of aryl methyl sites for hydroxylation is 1. The Morgan fingerprint density at radius 1 is 1.15 bits per heavy atom. The zero-order chi connectivity index (χ0) is 15.1. The zero-order valence-corrected chi connectivity index (χ0v) is 13.0. The minimum Gasteiger partial charge on any atom is -0.342 e. The van der Waals surface area contributed by atoms with E-state index in [2.05, 4.69) is 27.7 Å². The molecule has 0 unspecified atom stereocenters. The van der Waals surface area contributed by atoms with Crippen molar-refractivity contribution < 1.29 is 9.18 Å². The Morgan fingerprint density at radius 3 is 2.25 bits per heavy atom. The third-order valence-electron chi connectivity index (χ3n) is 3.04. The van der Waals surface area contributed by atoms with Gasteiger partial charge in [0.25, 0.3) is 0 Å². The van der Waals surface area contributed by atoms with Crippen LogP contribution in [0.5, 0.6) is 0 Å². The normalized spacial score (nSPS) is 11.2. The van der Waals surface area contributed by atoms with E-state index >= 15 is 0 Å². The number of rotatable bonds is 7. The lowest BCUT2D eigenvalue weighted by Gasteiger charge is -2.26. The molecule has 1 aromatic carbocycles. The molecule has 0 fully saturated rings. The number of benzene rings is 1. The van der Waals surface area contributed by atoms with Crippen LogP contribution in [-0.2, 0) is 11.2 Å². The van der Waals surface area contributed by atoms with Crippen LogP contribution < -0.4 is 0 Å². The van der Waals surface area contributed by atoms with Crippen LogP contribution in [0.25, 0.3) is 0 Å². The average molecular weight is 279 g/mol. The van der Waals surface area contributed by atoms with Crippen molar-refractivity contribution >= 4 is 5.91 Å². The molecule has 0 aliphatic heterocycles. The molecule has 1 amide bonds. The van der Waals surface area contributed by atoms with E-state index in [1.54, 1.807) is 6.07 Å². The fraction of sp³-hybridized carbons (Fsp3) is 0.588. The number of carbonyl (C=O) groups is 1. The summed E-state index contributed by atoms with van der Waals surface area (Å²) in [6.07, 6.45) is 1.05. The maximum absolute atomic E-state index is 13.1. The van der Waals surface area contributed by atoms with E-state index in [0.29, 0.717) is 24.7 Å². The van der Waals surface area contributed by atoms with Crippen molar-refractivity contribution in [3.8, 4) is 0 Å². The average Bonchev–Trinajstić information content (AvgIpc) is 2.34. The summed E-state index contributed by atoms with van der Waals surface area (Å²) in [7, 11) is 0. The third-order valence-corrected chi connectivity index (χ3v) is 3.04. The van der Waals surface area contributed by atoms with E-state index in [4.69, 9.17) is 0 Å². The van der Waals surface area contributed by atoms with Crippen LogP contribution in [0.15, 0.2) is 24.3 Å². The van der Waals surface area contributed by atoms with Crippen LogP contribution in [0, 0.1) is 17.7 Å². The Balaban J connectivity index is 2.57. The highest BCUT2D eigenvalue weighted by Gasteiger charge is 2.16. The summed E-state index contributed by atoms with van der Waals surface area (Å²) in [5, 5.41) is 0. The lowest BCUT2D eigenvalue weighted by molar-refractivity contribution is -0.132.